The van der Waals surface area contributed by atoms with E-state index in [1.807, 2.05) is 28.8 Å². The number of hydrogen-bond acceptors (Lipinski definition) is 4. The van der Waals surface area contributed by atoms with E-state index >= 15 is 0 Å². The molecule has 2 rings (SSSR count). The van der Waals surface area contributed by atoms with Crippen LogP contribution in [0.5, 0.6) is 0 Å². The second-order valence-corrected chi connectivity index (χ2v) is 4.43. The normalized spacial score (nSPS) is 10.8. The minimum atomic E-state index is -0.0239. The average molecular weight is 280 g/mol. The van der Waals surface area contributed by atoms with Gasteiger partial charge < -0.3 is 14.5 Å². The maximum Gasteiger partial charge on any atom is 0.269 e. The summed E-state index contributed by atoms with van der Waals surface area (Å²) in [7, 11) is 1.60. The van der Waals surface area contributed by atoms with Crippen molar-refractivity contribution in [1.29, 1.82) is 0 Å². The van der Waals surface area contributed by atoms with Gasteiger partial charge in [0.2, 0.25) is 5.91 Å². The molecule has 1 N–H and O–H groups in total. The van der Waals surface area contributed by atoms with E-state index in [0.29, 0.717) is 31.0 Å². The van der Waals surface area contributed by atoms with Crippen molar-refractivity contribution in [2.24, 2.45) is 0 Å². The monoisotopic (exact) mass is 280 g/mol. The molecule has 0 saturated heterocycles. The number of carbonyl (C=O) groups excluding carboxylic acids is 1. The van der Waals surface area contributed by atoms with Gasteiger partial charge in [-0.2, -0.15) is 0 Å². The van der Waals surface area contributed by atoms with Gasteiger partial charge in [-0.25, -0.2) is 0 Å². The number of amides is 1. The Kier molecular flexibility index (Phi) is 4.70. The van der Waals surface area contributed by atoms with Crippen molar-refractivity contribution < 1.29 is 13.9 Å². The van der Waals surface area contributed by atoms with Crippen LogP contribution in [-0.4, -0.2) is 30.7 Å². The number of nitrogens with zero attached hydrogens (tertiary/aromatic N) is 1. The molecule has 0 radical (unpaired) electrons. The standard InChI is InChI=1S/C13H16N2O3S/c1-17-9-7-14-12(16)6-8-15-10-4-2-3-5-11(10)18-13(15)19/h2-5H,6-9H2,1H3,(H,14,16). The van der Waals surface area contributed by atoms with Crippen LogP contribution < -0.4 is 5.32 Å². The van der Waals surface area contributed by atoms with Gasteiger partial charge in [0.15, 0.2) is 5.58 Å². The predicted molar refractivity (Wildman–Crippen MR) is 74.5 cm³/mol. The van der Waals surface area contributed by atoms with E-state index in [0.717, 1.165) is 11.1 Å². The average Bonchev–Trinajstić information content (AvgIpc) is 2.72. The van der Waals surface area contributed by atoms with E-state index in [1.165, 1.54) is 0 Å². The minimum absolute atomic E-state index is 0.0239. The first-order chi connectivity index (χ1) is 9.22. The van der Waals surface area contributed by atoms with Crippen molar-refractivity contribution in [2.75, 3.05) is 20.3 Å². The third-order valence-electron chi connectivity index (χ3n) is 2.76. The highest BCUT2D eigenvalue weighted by atomic mass is 32.1. The van der Waals surface area contributed by atoms with E-state index in [1.54, 1.807) is 7.11 Å². The maximum atomic E-state index is 11.6. The fraction of sp³-hybridized carbons (Fsp3) is 0.385. The molecule has 0 unspecified atom stereocenters. The summed E-state index contributed by atoms with van der Waals surface area (Å²) in [5.41, 5.74) is 1.66. The first kappa shape index (κ1) is 13.8. The van der Waals surface area contributed by atoms with Crippen LogP contribution in [0, 0.1) is 4.84 Å². The lowest BCUT2D eigenvalue weighted by atomic mass is 10.3. The highest BCUT2D eigenvalue weighted by Crippen LogP contribution is 2.17. The molecule has 2 aromatic rings. The molecule has 0 fully saturated rings. The molecule has 0 spiro atoms. The molecule has 0 aliphatic carbocycles. The Hall–Kier alpha value is -1.66. The van der Waals surface area contributed by atoms with Crippen LogP contribution in [0.3, 0.4) is 0 Å². The molecule has 1 heterocycles. The van der Waals surface area contributed by atoms with Crippen LogP contribution in [0.15, 0.2) is 28.7 Å². The van der Waals surface area contributed by atoms with Gasteiger partial charge in [-0.1, -0.05) is 12.1 Å². The number of para-hydroxylation sites is 2. The van der Waals surface area contributed by atoms with Crippen molar-refractivity contribution in [3.63, 3.8) is 0 Å². The van der Waals surface area contributed by atoms with E-state index in [4.69, 9.17) is 21.4 Å². The van der Waals surface area contributed by atoms with Crippen molar-refractivity contribution in [2.45, 2.75) is 13.0 Å². The third kappa shape index (κ3) is 3.42. The van der Waals surface area contributed by atoms with Crippen LogP contribution in [0.2, 0.25) is 0 Å². The number of ether oxygens (including phenoxy) is 1. The molecular weight excluding hydrogens is 264 g/mol. The Morgan fingerprint density at radius 3 is 3.05 bits per heavy atom. The smallest absolute Gasteiger partial charge is 0.269 e. The van der Waals surface area contributed by atoms with Gasteiger partial charge in [-0.3, -0.25) is 9.36 Å². The minimum Gasteiger partial charge on any atom is -0.429 e. The van der Waals surface area contributed by atoms with Gasteiger partial charge in [0, 0.05) is 26.6 Å². The molecule has 5 nitrogen and oxygen atoms in total. The Bertz CT molecular complexity index is 618. The summed E-state index contributed by atoms with van der Waals surface area (Å²) in [6.07, 6.45) is 0.363. The van der Waals surface area contributed by atoms with E-state index in [-0.39, 0.29) is 5.91 Å². The SMILES string of the molecule is COCCNC(=O)CCn1c(=S)oc2ccccc21. The van der Waals surface area contributed by atoms with Gasteiger partial charge in [0.1, 0.15) is 0 Å². The van der Waals surface area contributed by atoms with E-state index in [9.17, 15) is 4.79 Å². The number of methoxy groups -OCH3 is 1. The van der Waals surface area contributed by atoms with Crippen molar-refractivity contribution in [3.8, 4) is 0 Å². The molecule has 0 bridgehead atoms. The summed E-state index contributed by atoms with van der Waals surface area (Å²) in [4.78, 5) is 12.0. The van der Waals surface area contributed by atoms with Crippen LogP contribution in [0.4, 0.5) is 0 Å². The van der Waals surface area contributed by atoms with E-state index < -0.39 is 0 Å². The van der Waals surface area contributed by atoms with Crippen molar-refractivity contribution in [1.82, 2.24) is 9.88 Å². The number of carbonyl (C=O) groups is 1. The van der Waals surface area contributed by atoms with Gasteiger partial charge in [-0.05, 0) is 24.4 Å². The summed E-state index contributed by atoms with van der Waals surface area (Å²) in [6.45, 7) is 1.54. The van der Waals surface area contributed by atoms with Crippen molar-refractivity contribution in [3.05, 3.63) is 29.1 Å². The van der Waals surface area contributed by atoms with Gasteiger partial charge in [0.05, 0.1) is 12.1 Å². The molecular formula is C13H16N2O3S. The first-order valence-electron chi connectivity index (χ1n) is 6.06. The number of aryl methyl sites for hydroxylation is 1. The third-order valence-corrected chi connectivity index (χ3v) is 3.07. The molecule has 1 aromatic carbocycles. The highest BCUT2D eigenvalue weighted by molar-refractivity contribution is 7.71. The van der Waals surface area contributed by atoms with Crippen LogP contribution in [0.25, 0.3) is 11.1 Å². The molecule has 6 heteroatoms. The number of hydrogen-bond donors (Lipinski definition) is 1. The summed E-state index contributed by atoms with van der Waals surface area (Å²) >= 11 is 5.16. The fourth-order valence-electron chi connectivity index (χ4n) is 1.82. The van der Waals surface area contributed by atoms with Gasteiger partial charge in [0.25, 0.3) is 4.84 Å². The van der Waals surface area contributed by atoms with Crippen LogP contribution >= 0.6 is 12.2 Å². The Balaban J connectivity index is 2.00. The van der Waals surface area contributed by atoms with Crippen molar-refractivity contribution >= 4 is 29.2 Å². The second kappa shape index (κ2) is 6.49. The van der Waals surface area contributed by atoms with Crippen LogP contribution in [0.1, 0.15) is 6.42 Å². The lowest BCUT2D eigenvalue weighted by Gasteiger charge is -2.05. The van der Waals surface area contributed by atoms with Gasteiger partial charge >= 0.3 is 0 Å². The number of aromatic nitrogens is 1. The lowest BCUT2D eigenvalue weighted by Crippen LogP contribution is -2.27. The van der Waals surface area contributed by atoms with Gasteiger partial charge in [-0.15, -0.1) is 0 Å². The largest absolute Gasteiger partial charge is 0.429 e. The summed E-state index contributed by atoms with van der Waals surface area (Å²) in [5.74, 6) is -0.0239. The molecule has 1 aromatic heterocycles. The number of benzene rings is 1. The molecule has 19 heavy (non-hydrogen) atoms. The number of oxazole rings is 1. The van der Waals surface area contributed by atoms with Crippen LogP contribution in [-0.2, 0) is 16.1 Å². The lowest BCUT2D eigenvalue weighted by molar-refractivity contribution is -0.121. The zero-order chi connectivity index (χ0) is 13.7. The molecule has 102 valence electrons. The number of nitrogens with one attached hydrogen (secondary N) is 1. The zero-order valence-electron chi connectivity index (χ0n) is 10.7. The Morgan fingerprint density at radius 1 is 1.47 bits per heavy atom. The quantitative estimate of drug-likeness (QED) is 0.650. The topological polar surface area (TPSA) is 56.4 Å². The summed E-state index contributed by atoms with van der Waals surface area (Å²) in [5, 5.41) is 2.77. The van der Waals surface area contributed by atoms with E-state index in [2.05, 4.69) is 5.32 Å². The Labute approximate surface area is 116 Å². The summed E-state index contributed by atoms with van der Waals surface area (Å²) < 4.78 is 12.2. The maximum absolute atomic E-state index is 11.6. The number of rotatable bonds is 6. The molecule has 1 amide bonds. The molecule has 0 aliphatic heterocycles. The predicted octanol–water partition coefficient (Wildman–Crippen LogP) is 2.12. The highest BCUT2D eigenvalue weighted by Gasteiger charge is 2.07. The first-order valence-corrected chi connectivity index (χ1v) is 6.47. The molecule has 0 atom stereocenters. The summed E-state index contributed by atoms with van der Waals surface area (Å²) in [6, 6.07) is 7.60. The number of fused-ring (bicyclic) bond motifs is 1. The molecule has 0 saturated carbocycles. The fourth-order valence-corrected chi connectivity index (χ4v) is 2.10. The second-order valence-electron chi connectivity index (χ2n) is 4.08. The Morgan fingerprint density at radius 2 is 2.26 bits per heavy atom. The zero-order valence-corrected chi connectivity index (χ0v) is 11.5. The molecule has 0 aliphatic rings.